The number of hydrogen-bond acceptors (Lipinski definition) is 3. The zero-order chi connectivity index (χ0) is 15.1. The summed E-state index contributed by atoms with van der Waals surface area (Å²) in [6, 6.07) is 8.84. The van der Waals surface area contributed by atoms with Crippen molar-refractivity contribution in [2.75, 3.05) is 0 Å². The summed E-state index contributed by atoms with van der Waals surface area (Å²) < 4.78 is 34.4. The first-order valence-electron chi connectivity index (χ1n) is 6.74. The van der Waals surface area contributed by atoms with Crippen molar-refractivity contribution in [3.05, 3.63) is 41.5 Å². The molecule has 0 aliphatic rings. The van der Waals surface area contributed by atoms with Crippen LogP contribution in [0.15, 0.2) is 35.2 Å². The summed E-state index contributed by atoms with van der Waals surface area (Å²) in [5.74, 6) is 0.542. The molecule has 2 aromatic rings. The molecule has 0 atom stereocenters. The summed E-state index contributed by atoms with van der Waals surface area (Å²) in [5, 5.41) is 1.39. The molecule has 21 heavy (non-hydrogen) atoms. The van der Waals surface area contributed by atoms with Crippen molar-refractivity contribution in [1.29, 1.82) is 0 Å². The van der Waals surface area contributed by atoms with Crippen molar-refractivity contribution >= 4 is 20.9 Å². The molecule has 0 radical (unpaired) electrons. The van der Waals surface area contributed by atoms with Gasteiger partial charge in [0.1, 0.15) is 10.1 Å². The first-order chi connectivity index (χ1) is 9.21. The molecule has 3 nitrogen and oxygen atoms in total. The maximum absolute atomic E-state index is 11.5. The van der Waals surface area contributed by atoms with Crippen molar-refractivity contribution in [1.82, 2.24) is 0 Å². The first kappa shape index (κ1) is 18.7. The quantitative estimate of drug-likeness (QED) is 0.627. The Kier molecular flexibility index (Phi) is 6.04. The van der Waals surface area contributed by atoms with Gasteiger partial charge in [0.25, 0.3) is 0 Å². The molecule has 2 aromatic carbocycles. The molecule has 0 saturated heterocycles. The molecule has 0 N–H and O–H groups in total. The molecule has 0 heterocycles. The second-order valence-electron chi connectivity index (χ2n) is 5.72. The van der Waals surface area contributed by atoms with E-state index in [-0.39, 0.29) is 46.3 Å². The topological polar surface area (TPSA) is 57.2 Å². The van der Waals surface area contributed by atoms with E-state index in [1.807, 2.05) is 12.1 Å². The van der Waals surface area contributed by atoms with E-state index in [0.29, 0.717) is 5.39 Å². The fraction of sp³-hybridized carbons (Fsp3) is 0.375. The summed E-state index contributed by atoms with van der Waals surface area (Å²) in [7, 11) is -4.46. The van der Waals surface area contributed by atoms with Crippen molar-refractivity contribution in [3.8, 4) is 0 Å². The van der Waals surface area contributed by atoms with Crippen LogP contribution in [-0.2, 0) is 10.1 Å². The number of hydrogen-bond donors (Lipinski definition) is 0. The average Bonchev–Trinajstić information content (AvgIpc) is 2.35. The molecule has 0 spiro atoms. The number of rotatable bonds is 3. The van der Waals surface area contributed by atoms with Crippen LogP contribution in [0.3, 0.4) is 0 Å². The average molecular weight is 314 g/mol. The third-order valence-corrected chi connectivity index (χ3v) is 4.46. The van der Waals surface area contributed by atoms with Crippen LogP contribution in [0.1, 0.15) is 50.7 Å². The SMILES string of the molecule is CC(C)c1cc(C(C)C)c2cccc(S(=O)(=O)[O-])c2c1.[Na+]. The summed E-state index contributed by atoms with van der Waals surface area (Å²) >= 11 is 0. The Balaban J connectivity index is 0.00000220. The minimum Gasteiger partial charge on any atom is -0.744 e. The van der Waals surface area contributed by atoms with Crippen LogP contribution in [0.25, 0.3) is 10.8 Å². The fourth-order valence-electron chi connectivity index (χ4n) is 2.44. The van der Waals surface area contributed by atoms with Crippen molar-refractivity contribution in [2.45, 2.75) is 44.4 Å². The van der Waals surface area contributed by atoms with Crippen molar-refractivity contribution in [2.24, 2.45) is 0 Å². The summed E-state index contributed by atoms with van der Waals surface area (Å²) in [4.78, 5) is -0.126. The minimum atomic E-state index is -4.46. The Morgan fingerprint density at radius 2 is 1.57 bits per heavy atom. The third-order valence-electron chi connectivity index (χ3n) is 3.57. The van der Waals surface area contributed by atoms with Gasteiger partial charge in [0.2, 0.25) is 0 Å². The van der Waals surface area contributed by atoms with Gasteiger partial charge in [-0.15, -0.1) is 0 Å². The second kappa shape index (κ2) is 6.80. The summed E-state index contributed by atoms with van der Waals surface area (Å²) in [6.07, 6.45) is 0. The molecule has 0 fully saturated rings. The van der Waals surface area contributed by atoms with E-state index in [4.69, 9.17) is 0 Å². The Bertz CT molecular complexity index is 749. The number of benzene rings is 2. The normalized spacial score (nSPS) is 12.0. The van der Waals surface area contributed by atoms with Gasteiger partial charge in [0, 0.05) is 0 Å². The molecule has 0 aliphatic carbocycles. The van der Waals surface area contributed by atoms with Gasteiger partial charge in [0.15, 0.2) is 0 Å². The maximum atomic E-state index is 11.5. The summed E-state index contributed by atoms with van der Waals surface area (Å²) in [6.45, 7) is 8.24. The largest absolute Gasteiger partial charge is 1.00 e. The Morgan fingerprint density at radius 3 is 2.05 bits per heavy atom. The third kappa shape index (κ3) is 3.88. The van der Waals surface area contributed by atoms with Gasteiger partial charge >= 0.3 is 29.6 Å². The zero-order valence-corrected chi connectivity index (χ0v) is 16.0. The van der Waals surface area contributed by atoms with E-state index in [9.17, 15) is 13.0 Å². The van der Waals surface area contributed by atoms with Crippen LogP contribution in [0, 0.1) is 0 Å². The van der Waals surface area contributed by atoms with Gasteiger partial charge in [0.05, 0.1) is 4.90 Å². The molecule has 108 valence electrons. The molecular formula is C16H19NaO3S. The van der Waals surface area contributed by atoms with Crippen LogP contribution < -0.4 is 29.6 Å². The molecule has 2 rings (SSSR count). The zero-order valence-electron chi connectivity index (χ0n) is 13.2. The van der Waals surface area contributed by atoms with Gasteiger partial charge in [-0.3, -0.25) is 0 Å². The monoisotopic (exact) mass is 314 g/mol. The first-order valence-corrected chi connectivity index (χ1v) is 8.15. The van der Waals surface area contributed by atoms with E-state index in [2.05, 4.69) is 33.8 Å². The Hall–Kier alpha value is -0.390. The van der Waals surface area contributed by atoms with Crippen LogP contribution >= 0.6 is 0 Å². The van der Waals surface area contributed by atoms with E-state index in [0.717, 1.165) is 16.5 Å². The Labute approximate surface area is 148 Å². The standard InChI is InChI=1S/C16H20O3S.Na/c1-10(2)12-8-14(11(3)4)13-6-5-7-16(15(13)9-12)20(17,18)19;/h5-11H,1-4H3,(H,17,18,19);/q;+1/p-1. The Morgan fingerprint density at radius 1 is 0.952 bits per heavy atom. The van der Waals surface area contributed by atoms with E-state index >= 15 is 0 Å². The van der Waals surface area contributed by atoms with Crippen LogP contribution in [0.4, 0.5) is 0 Å². The van der Waals surface area contributed by atoms with Gasteiger partial charge in [-0.1, -0.05) is 45.9 Å². The molecule has 0 amide bonds. The van der Waals surface area contributed by atoms with Crippen molar-refractivity contribution < 1.29 is 42.5 Å². The van der Waals surface area contributed by atoms with Gasteiger partial charge in [-0.2, -0.15) is 0 Å². The molecule has 0 aliphatic heterocycles. The molecule has 0 saturated carbocycles. The molecule has 0 aromatic heterocycles. The second-order valence-corrected chi connectivity index (χ2v) is 7.07. The van der Waals surface area contributed by atoms with Crippen LogP contribution in [0.2, 0.25) is 0 Å². The predicted octanol–water partition coefficient (Wildman–Crippen LogP) is 0.995. The van der Waals surface area contributed by atoms with Gasteiger partial charge in [-0.05, 0) is 45.9 Å². The smallest absolute Gasteiger partial charge is 0.744 e. The predicted molar refractivity (Wildman–Crippen MR) is 80.1 cm³/mol. The van der Waals surface area contributed by atoms with Crippen molar-refractivity contribution in [3.63, 3.8) is 0 Å². The molecular weight excluding hydrogens is 295 g/mol. The van der Waals surface area contributed by atoms with Gasteiger partial charge < -0.3 is 4.55 Å². The van der Waals surface area contributed by atoms with E-state index in [1.165, 1.54) is 6.07 Å². The molecule has 5 heteroatoms. The van der Waals surface area contributed by atoms with Gasteiger partial charge in [-0.25, -0.2) is 8.42 Å². The molecule has 0 unspecified atom stereocenters. The van der Waals surface area contributed by atoms with E-state index in [1.54, 1.807) is 6.07 Å². The minimum absolute atomic E-state index is 0. The fourth-order valence-corrected chi connectivity index (χ4v) is 3.12. The van der Waals surface area contributed by atoms with E-state index < -0.39 is 10.1 Å². The maximum Gasteiger partial charge on any atom is 1.00 e. The van der Waals surface area contributed by atoms with Crippen LogP contribution in [-0.4, -0.2) is 13.0 Å². The van der Waals surface area contributed by atoms with Crippen LogP contribution in [0.5, 0.6) is 0 Å². The molecule has 0 bridgehead atoms. The number of fused-ring (bicyclic) bond motifs is 1. The summed E-state index contributed by atoms with van der Waals surface area (Å²) in [5.41, 5.74) is 2.13.